The predicted molar refractivity (Wildman–Crippen MR) is 91.3 cm³/mol. The van der Waals surface area contributed by atoms with Gasteiger partial charge in [-0.15, -0.1) is 11.3 Å². The minimum Gasteiger partial charge on any atom is -0.490 e. The maximum atomic E-state index is 5.47. The third kappa shape index (κ3) is 3.44. The lowest BCUT2D eigenvalue weighted by atomic mass is 10.2. The molecule has 1 heterocycles. The Morgan fingerprint density at radius 1 is 1.10 bits per heavy atom. The second-order valence-corrected chi connectivity index (χ2v) is 5.72. The fourth-order valence-electron chi connectivity index (χ4n) is 2.14. The quantitative estimate of drug-likeness (QED) is 0.640. The van der Waals surface area contributed by atoms with Crippen LogP contribution in [0.4, 0.5) is 5.69 Å². The highest BCUT2D eigenvalue weighted by Crippen LogP contribution is 2.24. The number of fused-ring (bicyclic) bond motifs is 1. The summed E-state index contributed by atoms with van der Waals surface area (Å²) >= 11 is 1.77. The summed E-state index contributed by atoms with van der Waals surface area (Å²) in [5, 5.41) is 6.86. The van der Waals surface area contributed by atoms with Crippen molar-refractivity contribution in [2.75, 3.05) is 11.9 Å². The Morgan fingerprint density at radius 3 is 2.76 bits per heavy atom. The smallest absolute Gasteiger partial charge is 0.119 e. The van der Waals surface area contributed by atoms with Crippen LogP contribution in [0.1, 0.15) is 5.56 Å². The fourth-order valence-corrected chi connectivity index (χ4v) is 2.91. The van der Waals surface area contributed by atoms with Crippen LogP contribution < -0.4 is 10.1 Å². The summed E-state index contributed by atoms with van der Waals surface area (Å²) in [5.41, 5.74) is 2.37. The van der Waals surface area contributed by atoms with E-state index in [1.807, 2.05) is 12.1 Å². The van der Waals surface area contributed by atoms with Gasteiger partial charge in [0.2, 0.25) is 0 Å². The Kier molecular flexibility index (Phi) is 4.22. The number of rotatable bonds is 6. The predicted octanol–water partition coefficient (Wildman–Crippen LogP) is 5.08. The second kappa shape index (κ2) is 6.46. The lowest BCUT2D eigenvalue weighted by Crippen LogP contribution is -1.99. The van der Waals surface area contributed by atoms with Crippen molar-refractivity contribution in [2.24, 2.45) is 0 Å². The highest BCUT2D eigenvalue weighted by molar-refractivity contribution is 7.17. The number of ether oxygens (including phenoxy) is 1. The van der Waals surface area contributed by atoms with Gasteiger partial charge < -0.3 is 10.1 Å². The molecule has 0 amide bonds. The molecule has 3 rings (SSSR count). The molecule has 1 N–H and O–H groups in total. The van der Waals surface area contributed by atoms with Crippen LogP contribution >= 0.6 is 11.3 Å². The van der Waals surface area contributed by atoms with Gasteiger partial charge in [0.25, 0.3) is 0 Å². The SMILES string of the molecule is C=CCOc1ccc(CNc2ccc3sccc3c2)cc1. The van der Waals surface area contributed by atoms with Crippen LogP contribution in [0.5, 0.6) is 5.75 Å². The number of anilines is 1. The van der Waals surface area contributed by atoms with Crippen molar-refractivity contribution in [2.45, 2.75) is 6.54 Å². The van der Waals surface area contributed by atoms with E-state index in [1.54, 1.807) is 17.4 Å². The minimum atomic E-state index is 0.540. The Morgan fingerprint density at radius 2 is 1.95 bits per heavy atom. The summed E-state index contributed by atoms with van der Waals surface area (Å²) in [6.45, 7) is 4.98. The Bertz CT molecular complexity index is 730. The van der Waals surface area contributed by atoms with Gasteiger partial charge in [0.1, 0.15) is 12.4 Å². The molecule has 0 radical (unpaired) electrons. The molecule has 0 bridgehead atoms. The van der Waals surface area contributed by atoms with E-state index in [4.69, 9.17) is 4.74 Å². The fraction of sp³-hybridized carbons (Fsp3) is 0.111. The van der Waals surface area contributed by atoms with Crippen LogP contribution in [0.3, 0.4) is 0 Å². The van der Waals surface area contributed by atoms with Crippen molar-refractivity contribution >= 4 is 27.1 Å². The van der Waals surface area contributed by atoms with E-state index in [9.17, 15) is 0 Å². The van der Waals surface area contributed by atoms with E-state index < -0.39 is 0 Å². The average molecular weight is 295 g/mol. The largest absolute Gasteiger partial charge is 0.490 e. The monoisotopic (exact) mass is 295 g/mol. The lowest BCUT2D eigenvalue weighted by Gasteiger charge is -2.08. The normalized spacial score (nSPS) is 10.5. The number of hydrogen-bond acceptors (Lipinski definition) is 3. The summed E-state index contributed by atoms with van der Waals surface area (Å²) in [6.07, 6.45) is 1.75. The Balaban J connectivity index is 1.62. The summed E-state index contributed by atoms with van der Waals surface area (Å²) in [5.74, 6) is 0.873. The van der Waals surface area contributed by atoms with Crippen LogP contribution in [-0.4, -0.2) is 6.61 Å². The molecule has 0 saturated heterocycles. The molecule has 0 saturated carbocycles. The summed E-state index contributed by atoms with van der Waals surface area (Å²) in [4.78, 5) is 0. The lowest BCUT2D eigenvalue weighted by molar-refractivity contribution is 0.363. The van der Waals surface area contributed by atoms with Crippen LogP contribution in [0.15, 0.2) is 66.6 Å². The molecule has 0 aliphatic carbocycles. The van der Waals surface area contributed by atoms with E-state index in [0.29, 0.717) is 6.61 Å². The maximum Gasteiger partial charge on any atom is 0.119 e. The van der Waals surface area contributed by atoms with E-state index >= 15 is 0 Å². The molecule has 2 aromatic carbocycles. The van der Waals surface area contributed by atoms with Crippen LogP contribution in [0.25, 0.3) is 10.1 Å². The molecule has 0 atom stereocenters. The summed E-state index contributed by atoms with van der Waals surface area (Å²) < 4.78 is 6.80. The van der Waals surface area contributed by atoms with E-state index in [2.05, 4.69) is 53.7 Å². The van der Waals surface area contributed by atoms with Crippen molar-refractivity contribution in [1.82, 2.24) is 0 Å². The molecule has 3 aromatic rings. The van der Waals surface area contributed by atoms with Crippen LogP contribution in [0.2, 0.25) is 0 Å². The van der Waals surface area contributed by atoms with Gasteiger partial charge in [0.15, 0.2) is 0 Å². The average Bonchev–Trinajstić information content (AvgIpc) is 2.99. The number of thiophene rings is 1. The number of nitrogens with one attached hydrogen (secondary N) is 1. The highest BCUT2D eigenvalue weighted by Gasteiger charge is 1.99. The molecular weight excluding hydrogens is 278 g/mol. The van der Waals surface area contributed by atoms with Gasteiger partial charge in [-0.25, -0.2) is 0 Å². The summed E-state index contributed by atoms with van der Waals surface area (Å²) in [6, 6.07) is 16.8. The zero-order valence-electron chi connectivity index (χ0n) is 11.7. The van der Waals surface area contributed by atoms with Crippen molar-refractivity contribution in [3.8, 4) is 5.75 Å². The van der Waals surface area contributed by atoms with Gasteiger partial charge >= 0.3 is 0 Å². The second-order valence-electron chi connectivity index (χ2n) is 4.77. The molecule has 0 aliphatic heterocycles. The number of benzene rings is 2. The third-order valence-corrected chi connectivity index (χ3v) is 4.14. The molecule has 2 nitrogen and oxygen atoms in total. The van der Waals surface area contributed by atoms with Crippen LogP contribution in [0, 0.1) is 0 Å². The molecule has 0 spiro atoms. The standard InChI is InChI=1S/C18H17NOS/c1-2-10-20-17-6-3-14(4-7-17)13-19-16-5-8-18-15(12-16)9-11-21-18/h2-9,11-12,19H,1,10,13H2. The molecule has 0 aliphatic rings. The van der Waals surface area contributed by atoms with Gasteiger partial charge in [0, 0.05) is 16.9 Å². The van der Waals surface area contributed by atoms with Crippen molar-refractivity contribution in [3.05, 3.63) is 72.1 Å². The summed E-state index contributed by atoms with van der Waals surface area (Å²) in [7, 11) is 0. The zero-order valence-corrected chi connectivity index (χ0v) is 12.5. The molecule has 1 aromatic heterocycles. The van der Waals surface area contributed by atoms with E-state index in [0.717, 1.165) is 18.0 Å². The van der Waals surface area contributed by atoms with Gasteiger partial charge in [0.05, 0.1) is 0 Å². The first-order chi connectivity index (χ1) is 10.3. The van der Waals surface area contributed by atoms with Crippen molar-refractivity contribution < 1.29 is 4.74 Å². The van der Waals surface area contributed by atoms with Crippen LogP contribution in [-0.2, 0) is 6.54 Å². The topological polar surface area (TPSA) is 21.3 Å². The molecule has 106 valence electrons. The first-order valence-corrected chi connectivity index (χ1v) is 7.77. The molecule has 0 fully saturated rings. The highest BCUT2D eigenvalue weighted by atomic mass is 32.1. The number of hydrogen-bond donors (Lipinski definition) is 1. The Hall–Kier alpha value is -2.26. The zero-order chi connectivity index (χ0) is 14.5. The first kappa shape index (κ1) is 13.7. The van der Waals surface area contributed by atoms with E-state index in [-0.39, 0.29) is 0 Å². The Labute approximate surface area is 128 Å². The molecular formula is C18H17NOS. The van der Waals surface area contributed by atoms with Gasteiger partial charge in [-0.3, -0.25) is 0 Å². The maximum absolute atomic E-state index is 5.47. The molecule has 3 heteroatoms. The van der Waals surface area contributed by atoms with Gasteiger partial charge in [-0.05, 0) is 52.7 Å². The molecule has 0 unspecified atom stereocenters. The van der Waals surface area contributed by atoms with Crippen molar-refractivity contribution in [1.29, 1.82) is 0 Å². The van der Waals surface area contributed by atoms with E-state index in [1.165, 1.54) is 15.6 Å². The van der Waals surface area contributed by atoms with Gasteiger partial charge in [-0.1, -0.05) is 24.8 Å². The van der Waals surface area contributed by atoms with Gasteiger partial charge in [-0.2, -0.15) is 0 Å². The first-order valence-electron chi connectivity index (χ1n) is 6.89. The van der Waals surface area contributed by atoms with Crippen molar-refractivity contribution in [3.63, 3.8) is 0 Å². The molecule has 21 heavy (non-hydrogen) atoms. The minimum absolute atomic E-state index is 0.540. The third-order valence-electron chi connectivity index (χ3n) is 3.24.